The average molecular weight is 311 g/mol. The van der Waals surface area contributed by atoms with Crippen molar-refractivity contribution in [1.82, 2.24) is 0 Å². The molecule has 0 aliphatic heterocycles. The highest BCUT2D eigenvalue weighted by Crippen LogP contribution is 2.30. The smallest absolute Gasteiger partial charge is 0.162 e. The van der Waals surface area contributed by atoms with Gasteiger partial charge in [0.1, 0.15) is 5.75 Å². The van der Waals surface area contributed by atoms with Gasteiger partial charge in [-0.2, -0.15) is 0 Å². The van der Waals surface area contributed by atoms with Crippen molar-refractivity contribution in [1.29, 1.82) is 0 Å². The van der Waals surface area contributed by atoms with Gasteiger partial charge in [-0.1, -0.05) is 11.6 Å². The Kier molecular flexibility index (Phi) is 3.55. The van der Waals surface area contributed by atoms with Crippen LogP contribution < -0.4 is 4.74 Å². The molecule has 0 amide bonds. The molecule has 0 radical (unpaired) electrons. The maximum atomic E-state index is 11.2. The average Bonchev–Trinajstić information content (AvgIpc) is 2.04. The van der Waals surface area contributed by atoms with Crippen molar-refractivity contribution in [2.24, 2.45) is 0 Å². The maximum absolute atomic E-state index is 11.2. The molecule has 0 heterocycles. The summed E-state index contributed by atoms with van der Waals surface area (Å²) in [5.41, 5.74) is 0.529. The van der Waals surface area contributed by atoms with E-state index in [2.05, 4.69) is 22.6 Å². The highest BCUT2D eigenvalue weighted by atomic mass is 127. The van der Waals surface area contributed by atoms with Crippen LogP contribution in [0.15, 0.2) is 12.1 Å². The Morgan fingerprint density at radius 2 is 2.15 bits per heavy atom. The Labute approximate surface area is 95.4 Å². The molecule has 0 bridgehead atoms. The van der Waals surface area contributed by atoms with Gasteiger partial charge >= 0.3 is 0 Å². The fraction of sp³-hybridized carbons (Fsp3) is 0.222. The molecule has 0 saturated carbocycles. The van der Waals surface area contributed by atoms with Crippen molar-refractivity contribution in [3.63, 3.8) is 0 Å². The zero-order chi connectivity index (χ0) is 10.0. The van der Waals surface area contributed by atoms with Crippen LogP contribution in [0.4, 0.5) is 0 Å². The van der Waals surface area contributed by atoms with Gasteiger partial charge in [0.2, 0.25) is 0 Å². The Morgan fingerprint density at radius 1 is 1.54 bits per heavy atom. The molecule has 0 atom stereocenters. The van der Waals surface area contributed by atoms with Gasteiger partial charge in [0.05, 0.1) is 21.3 Å². The summed E-state index contributed by atoms with van der Waals surface area (Å²) in [6.07, 6.45) is 0. The minimum Gasteiger partial charge on any atom is -0.496 e. The number of carbonyl (C=O) groups is 1. The molecule has 13 heavy (non-hydrogen) atoms. The van der Waals surface area contributed by atoms with Gasteiger partial charge in [0, 0.05) is 0 Å². The first-order chi connectivity index (χ1) is 6.07. The molecule has 0 N–H and O–H groups in total. The highest BCUT2D eigenvalue weighted by Gasteiger charge is 2.13. The third kappa shape index (κ3) is 2.14. The lowest BCUT2D eigenvalue weighted by Gasteiger charge is -2.07. The number of halogens is 2. The van der Waals surface area contributed by atoms with Gasteiger partial charge in [0.15, 0.2) is 5.78 Å². The topological polar surface area (TPSA) is 26.3 Å². The van der Waals surface area contributed by atoms with Crippen molar-refractivity contribution >= 4 is 40.0 Å². The van der Waals surface area contributed by atoms with E-state index in [1.807, 2.05) is 0 Å². The van der Waals surface area contributed by atoms with Crippen LogP contribution in [-0.2, 0) is 0 Å². The van der Waals surface area contributed by atoms with E-state index in [4.69, 9.17) is 16.3 Å². The SMILES string of the molecule is COc1ccc(Cl)c(C(C)=O)c1I. The van der Waals surface area contributed by atoms with Crippen LogP contribution in [0.2, 0.25) is 5.02 Å². The first-order valence-electron chi connectivity index (χ1n) is 3.61. The lowest BCUT2D eigenvalue weighted by Crippen LogP contribution is -1.99. The summed E-state index contributed by atoms with van der Waals surface area (Å²) in [7, 11) is 1.56. The number of ether oxygens (including phenoxy) is 1. The van der Waals surface area contributed by atoms with E-state index in [-0.39, 0.29) is 5.78 Å². The Bertz CT molecular complexity index is 350. The van der Waals surface area contributed by atoms with E-state index in [9.17, 15) is 4.79 Å². The second-order valence-electron chi connectivity index (χ2n) is 2.49. The number of benzene rings is 1. The van der Waals surface area contributed by atoms with Crippen molar-refractivity contribution in [2.45, 2.75) is 6.92 Å². The number of hydrogen-bond acceptors (Lipinski definition) is 2. The van der Waals surface area contributed by atoms with E-state index >= 15 is 0 Å². The Morgan fingerprint density at radius 3 is 2.62 bits per heavy atom. The van der Waals surface area contributed by atoms with Crippen LogP contribution in [0.3, 0.4) is 0 Å². The second kappa shape index (κ2) is 4.28. The molecular weight excluding hydrogens is 302 g/mol. The zero-order valence-electron chi connectivity index (χ0n) is 7.23. The Balaban J connectivity index is 3.38. The summed E-state index contributed by atoms with van der Waals surface area (Å²) in [5, 5.41) is 0.470. The highest BCUT2D eigenvalue weighted by molar-refractivity contribution is 14.1. The first kappa shape index (κ1) is 10.8. The van der Waals surface area contributed by atoms with Gasteiger partial charge in [-0.3, -0.25) is 4.79 Å². The van der Waals surface area contributed by atoms with Crippen LogP contribution in [0.1, 0.15) is 17.3 Å². The van der Waals surface area contributed by atoms with E-state index in [0.29, 0.717) is 16.3 Å². The Hall–Kier alpha value is -0.290. The van der Waals surface area contributed by atoms with Crippen LogP contribution >= 0.6 is 34.2 Å². The number of methoxy groups -OCH3 is 1. The molecular formula is C9H8ClIO2. The summed E-state index contributed by atoms with van der Waals surface area (Å²) in [6.45, 7) is 1.49. The predicted molar refractivity (Wildman–Crippen MR) is 60.7 cm³/mol. The van der Waals surface area contributed by atoms with Crippen LogP contribution in [0.25, 0.3) is 0 Å². The molecule has 0 aliphatic carbocycles. The number of hydrogen-bond donors (Lipinski definition) is 0. The molecule has 2 nitrogen and oxygen atoms in total. The monoisotopic (exact) mass is 310 g/mol. The normalized spacial score (nSPS) is 9.85. The number of Topliss-reactive ketones (excluding diaryl/α,β-unsaturated/α-hetero) is 1. The van der Waals surface area contributed by atoms with Gasteiger partial charge in [-0.05, 0) is 41.6 Å². The van der Waals surface area contributed by atoms with Gasteiger partial charge in [-0.25, -0.2) is 0 Å². The minimum absolute atomic E-state index is 0.0479. The van der Waals surface area contributed by atoms with Gasteiger partial charge in [0.25, 0.3) is 0 Å². The fourth-order valence-electron chi connectivity index (χ4n) is 1.01. The molecule has 1 aromatic rings. The summed E-state index contributed by atoms with van der Waals surface area (Å²) >= 11 is 7.92. The van der Waals surface area contributed by atoms with Crippen molar-refractivity contribution in [3.05, 3.63) is 26.3 Å². The predicted octanol–water partition coefficient (Wildman–Crippen LogP) is 3.16. The quantitative estimate of drug-likeness (QED) is 0.619. The molecule has 0 spiro atoms. The third-order valence-corrected chi connectivity index (χ3v) is 3.01. The van der Waals surface area contributed by atoms with Gasteiger partial charge < -0.3 is 4.74 Å². The zero-order valence-corrected chi connectivity index (χ0v) is 10.1. The minimum atomic E-state index is -0.0479. The molecule has 0 aromatic heterocycles. The van der Waals surface area contributed by atoms with Crippen LogP contribution in [-0.4, -0.2) is 12.9 Å². The molecule has 0 fully saturated rings. The molecule has 1 aromatic carbocycles. The molecule has 70 valence electrons. The van der Waals surface area contributed by atoms with Gasteiger partial charge in [-0.15, -0.1) is 0 Å². The molecule has 4 heteroatoms. The molecule has 0 saturated heterocycles. The van der Waals surface area contributed by atoms with E-state index < -0.39 is 0 Å². The molecule has 0 aliphatic rings. The lowest BCUT2D eigenvalue weighted by atomic mass is 10.1. The molecule has 1 rings (SSSR count). The fourth-order valence-corrected chi connectivity index (χ4v) is 2.53. The van der Waals surface area contributed by atoms with E-state index in [1.54, 1.807) is 19.2 Å². The summed E-state index contributed by atoms with van der Waals surface area (Å²) in [5.74, 6) is 0.628. The van der Waals surface area contributed by atoms with Crippen molar-refractivity contribution < 1.29 is 9.53 Å². The molecule has 0 unspecified atom stereocenters. The van der Waals surface area contributed by atoms with Crippen molar-refractivity contribution in [3.8, 4) is 5.75 Å². The summed E-state index contributed by atoms with van der Waals surface area (Å²) < 4.78 is 5.84. The lowest BCUT2D eigenvalue weighted by molar-refractivity contribution is 0.101. The summed E-state index contributed by atoms with van der Waals surface area (Å²) in [4.78, 5) is 11.2. The van der Waals surface area contributed by atoms with Crippen molar-refractivity contribution in [2.75, 3.05) is 7.11 Å². The number of ketones is 1. The second-order valence-corrected chi connectivity index (χ2v) is 3.98. The number of carbonyl (C=O) groups excluding carboxylic acids is 1. The van der Waals surface area contributed by atoms with E-state index in [0.717, 1.165) is 3.57 Å². The van der Waals surface area contributed by atoms with Crippen LogP contribution in [0.5, 0.6) is 5.75 Å². The van der Waals surface area contributed by atoms with E-state index in [1.165, 1.54) is 6.92 Å². The largest absolute Gasteiger partial charge is 0.496 e. The van der Waals surface area contributed by atoms with Crippen LogP contribution in [0, 0.1) is 3.57 Å². The number of rotatable bonds is 2. The first-order valence-corrected chi connectivity index (χ1v) is 5.06. The standard InChI is InChI=1S/C9H8ClIO2/c1-5(12)8-6(10)3-4-7(13-2)9(8)11/h3-4H,1-2H3. The summed E-state index contributed by atoms with van der Waals surface area (Å²) in [6, 6.07) is 3.41. The maximum Gasteiger partial charge on any atom is 0.162 e. The third-order valence-electron chi connectivity index (χ3n) is 1.63.